The molecule has 1 saturated heterocycles. The minimum Gasteiger partial charge on any atom is -0.329 e. The molecule has 0 bridgehead atoms. The highest BCUT2D eigenvalue weighted by Crippen LogP contribution is 2.20. The maximum absolute atomic E-state index is 11.7. The summed E-state index contributed by atoms with van der Waals surface area (Å²) >= 11 is 0. The Morgan fingerprint density at radius 2 is 2.14 bits per heavy atom. The van der Waals surface area contributed by atoms with Crippen molar-refractivity contribution >= 4 is 11.7 Å². The maximum atomic E-state index is 11.7. The summed E-state index contributed by atoms with van der Waals surface area (Å²) < 4.78 is 0. The van der Waals surface area contributed by atoms with Gasteiger partial charge < -0.3 is 4.90 Å². The molecule has 14 heavy (non-hydrogen) atoms. The number of ketones is 1. The third-order valence-electron chi connectivity index (χ3n) is 2.61. The predicted molar refractivity (Wildman–Crippen MR) is 54.8 cm³/mol. The quantitative estimate of drug-likeness (QED) is 0.638. The van der Waals surface area contributed by atoms with Gasteiger partial charge in [-0.25, -0.2) is 0 Å². The second-order valence-corrected chi connectivity index (χ2v) is 3.95. The van der Waals surface area contributed by atoms with Gasteiger partial charge in [0, 0.05) is 12.5 Å². The monoisotopic (exact) mass is 195 g/mol. The highest BCUT2D eigenvalue weighted by Gasteiger charge is 2.33. The average Bonchev–Trinajstić information content (AvgIpc) is 2.63. The number of hydrogen-bond donors (Lipinski definition) is 0. The minimum atomic E-state index is -0.208. The van der Waals surface area contributed by atoms with Gasteiger partial charge in [-0.1, -0.05) is 20.4 Å². The van der Waals surface area contributed by atoms with Gasteiger partial charge in [-0.05, 0) is 18.9 Å². The molecule has 0 aromatic heterocycles. The summed E-state index contributed by atoms with van der Waals surface area (Å²) in [6, 6.07) is -0.208. The van der Waals surface area contributed by atoms with Crippen molar-refractivity contribution in [1.82, 2.24) is 4.90 Å². The van der Waals surface area contributed by atoms with Crippen molar-refractivity contribution in [3.63, 3.8) is 0 Å². The summed E-state index contributed by atoms with van der Waals surface area (Å²) in [4.78, 5) is 24.8. The smallest absolute Gasteiger partial charge is 0.246 e. The molecule has 1 rings (SSSR count). The maximum Gasteiger partial charge on any atom is 0.246 e. The Kier molecular flexibility index (Phi) is 3.44. The summed E-state index contributed by atoms with van der Waals surface area (Å²) in [6.07, 6.45) is 3.01. The second-order valence-electron chi connectivity index (χ2n) is 3.95. The van der Waals surface area contributed by atoms with Crippen molar-refractivity contribution < 1.29 is 9.59 Å². The zero-order valence-electron chi connectivity index (χ0n) is 8.82. The fraction of sp³-hybridized carbons (Fsp3) is 0.636. The van der Waals surface area contributed by atoms with Crippen LogP contribution in [0.1, 0.15) is 26.7 Å². The van der Waals surface area contributed by atoms with E-state index >= 15 is 0 Å². The Labute approximate surface area is 84.8 Å². The van der Waals surface area contributed by atoms with E-state index in [1.54, 1.807) is 4.90 Å². The molecular weight excluding hydrogens is 178 g/mol. The van der Waals surface area contributed by atoms with Crippen LogP contribution < -0.4 is 0 Å². The largest absolute Gasteiger partial charge is 0.329 e. The van der Waals surface area contributed by atoms with Crippen LogP contribution in [-0.4, -0.2) is 29.2 Å². The third kappa shape index (κ3) is 2.03. The van der Waals surface area contributed by atoms with Crippen LogP contribution in [0, 0.1) is 5.92 Å². The topological polar surface area (TPSA) is 37.4 Å². The number of amides is 1. The molecule has 0 unspecified atom stereocenters. The van der Waals surface area contributed by atoms with Crippen LogP contribution in [0.15, 0.2) is 12.7 Å². The average molecular weight is 195 g/mol. The molecule has 1 atom stereocenters. The number of Topliss-reactive ketones (excluding diaryl/α,β-unsaturated/α-hetero) is 1. The zero-order chi connectivity index (χ0) is 10.7. The molecule has 0 spiro atoms. The fourth-order valence-electron chi connectivity index (χ4n) is 1.83. The lowest BCUT2D eigenvalue weighted by atomic mass is 10.00. The Bertz CT molecular complexity index is 258. The first-order valence-electron chi connectivity index (χ1n) is 5.04. The first-order valence-corrected chi connectivity index (χ1v) is 5.04. The van der Waals surface area contributed by atoms with Crippen molar-refractivity contribution in [2.24, 2.45) is 5.92 Å². The zero-order valence-corrected chi connectivity index (χ0v) is 8.82. The fourth-order valence-corrected chi connectivity index (χ4v) is 1.83. The molecule has 1 heterocycles. The summed E-state index contributed by atoms with van der Waals surface area (Å²) in [7, 11) is 0. The summed E-state index contributed by atoms with van der Waals surface area (Å²) in [5.74, 6) is 0.0393. The van der Waals surface area contributed by atoms with Crippen molar-refractivity contribution in [3.8, 4) is 0 Å². The van der Waals surface area contributed by atoms with Gasteiger partial charge in [0.1, 0.15) is 0 Å². The molecule has 0 aromatic rings. The molecule has 1 amide bonds. The van der Waals surface area contributed by atoms with Crippen LogP contribution in [0.25, 0.3) is 0 Å². The van der Waals surface area contributed by atoms with Crippen LogP contribution >= 0.6 is 0 Å². The SMILES string of the molecule is C=CC(=O)N1CCC[C@H]1C(=O)C(C)C. The second kappa shape index (κ2) is 4.40. The molecule has 1 fully saturated rings. The van der Waals surface area contributed by atoms with Crippen LogP contribution in [0.5, 0.6) is 0 Å². The van der Waals surface area contributed by atoms with Crippen LogP contribution in [-0.2, 0) is 9.59 Å². The number of rotatable bonds is 3. The Morgan fingerprint density at radius 1 is 1.50 bits per heavy atom. The van der Waals surface area contributed by atoms with Crippen LogP contribution in [0.3, 0.4) is 0 Å². The molecule has 1 aliphatic heterocycles. The van der Waals surface area contributed by atoms with Crippen LogP contribution in [0.4, 0.5) is 0 Å². The van der Waals surface area contributed by atoms with E-state index in [0.717, 1.165) is 12.8 Å². The summed E-state index contributed by atoms with van der Waals surface area (Å²) in [5.41, 5.74) is 0. The molecule has 0 radical (unpaired) electrons. The van der Waals surface area contributed by atoms with Gasteiger partial charge in [0.2, 0.25) is 5.91 Å². The van der Waals surface area contributed by atoms with Gasteiger partial charge in [-0.3, -0.25) is 9.59 Å². The lowest BCUT2D eigenvalue weighted by Gasteiger charge is -2.23. The van der Waals surface area contributed by atoms with Gasteiger partial charge >= 0.3 is 0 Å². The minimum absolute atomic E-state index is 0.00165. The van der Waals surface area contributed by atoms with Crippen molar-refractivity contribution in [2.45, 2.75) is 32.7 Å². The van der Waals surface area contributed by atoms with Gasteiger partial charge in [-0.2, -0.15) is 0 Å². The van der Waals surface area contributed by atoms with E-state index < -0.39 is 0 Å². The van der Waals surface area contributed by atoms with Crippen molar-refractivity contribution in [2.75, 3.05) is 6.54 Å². The van der Waals surface area contributed by atoms with Gasteiger partial charge in [0.05, 0.1) is 6.04 Å². The number of nitrogens with zero attached hydrogens (tertiary/aromatic N) is 1. The number of carbonyl (C=O) groups is 2. The summed E-state index contributed by atoms with van der Waals surface area (Å²) in [5, 5.41) is 0. The van der Waals surface area contributed by atoms with E-state index in [1.165, 1.54) is 6.08 Å². The van der Waals surface area contributed by atoms with E-state index in [9.17, 15) is 9.59 Å². The number of hydrogen-bond acceptors (Lipinski definition) is 2. The molecule has 0 aliphatic carbocycles. The molecule has 0 aromatic carbocycles. The molecule has 0 saturated carbocycles. The first-order chi connectivity index (χ1) is 6.57. The first kappa shape index (κ1) is 11.0. The van der Waals surface area contributed by atoms with Gasteiger partial charge in [0.25, 0.3) is 0 Å². The number of carbonyl (C=O) groups excluding carboxylic acids is 2. The van der Waals surface area contributed by atoms with Crippen molar-refractivity contribution in [1.29, 1.82) is 0 Å². The molecular formula is C11H17NO2. The van der Waals surface area contributed by atoms with E-state index in [1.807, 2.05) is 13.8 Å². The summed E-state index contributed by atoms with van der Waals surface area (Å²) in [6.45, 7) is 7.87. The number of likely N-dealkylation sites (tertiary alicyclic amines) is 1. The molecule has 1 aliphatic rings. The Hall–Kier alpha value is -1.12. The standard InChI is InChI=1S/C11H17NO2/c1-4-10(13)12-7-5-6-9(12)11(14)8(2)3/h4,8-9H,1,5-7H2,2-3H3/t9-/m0/s1. The lowest BCUT2D eigenvalue weighted by molar-refractivity contribution is -0.135. The third-order valence-corrected chi connectivity index (χ3v) is 2.61. The predicted octanol–water partition coefficient (Wildman–Crippen LogP) is 1.39. The van der Waals surface area contributed by atoms with E-state index in [-0.39, 0.29) is 23.7 Å². The van der Waals surface area contributed by atoms with E-state index in [4.69, 9.17) is 0 Å². The highest BCUT2D eigenvalue weighted by molar-refractivity contribution is 5.94. The Morgan fingerprint density at radius 3 is 2.64 bits per heavy atom. The molecule has 3 nitrogen and oxygen atoms in total. The van der Waals surface area contributed by atoms with E-state index in [0.29, 0.717) is 6.54 Å². The van der Waals surface area contributed by atoms with Crippen molar-refractivity contribution in [3.05, 3.63) is 12.7 Å². The van der Waals surface area contributed by atoms with Gasteiger partial charge in [-0.15, -0.1) is 0 Å². The molecule has 0 N–H and O–H groups in total. The van der Waals surface area contributed by atoms with E-state index in [2.05, 4.69) is 6.58 Å². The lowest BCUT2D eigenvalue weighted by Crippen LogP contribution is -2.41. The Balaban J connectivity index is 2.73. The highest BCUT2D eigenvalue weighted by atomic mass is 16.2. The normalized spacial score (nSPS) is 21.4. The van der Waals surface area contributed by atoms with Crippen LogP contribution in [0.2, 0.25) is 0 Å². The van der Waals surface area contributed by atoms with Gasteiger partial charge in [0.15, 0.2) is 5.78 Å². The molecule has 3 heteroatoms. The molecule has 78 valence electrons.